The molecule has 0 radical (unpaired) electrons. The predicted molar refractivity (Wildman–Crippen MR) is 131 cm³/mol. The van der Waals surface area contributed by atoms with Crippen molar-refractivity contribution in [1.82, 2.24) is 9.88 Å². The summed E-state index contributed by atoms with van der Waals surface area (Å²) in [7, 11) is 0. The molecule has 0 aliphatic carbocycles. The molecule has 8 heteroatoms. The Morgan fingerprint density at radius 1 is 0.971 bits per heavy atom. The zero-order valence-electron chi connectivity index (χ0n) is 19.5. The number of aryl methyl sites for hydroxylation is 1. The van der Waals surface area contributed by atoms with Crippen LogP contribution in [0.1, 0.15) is 37.7 Å². The molecule has 3 N–H and O–H groups in total. The van der Waals surface area contributed by atoms with Crippen molar-refractivity contribution in [3.05, 3.63) is 54.2 Å². The Morgan fingerprint density at radius 3 is 2.41 bits per heavy atom. The number of nitrogens with two attached hydrogens (primary N) is 1. The lowest BCUT2D eigenvalue weighted by Gasteiger charge is -2.32. The van der Waals surface area contributed by atoms with Crippen LogP contribution < -0.4 is 16.0 Å². The molecule has 3 amide bonds. The number of likely N-dealkylation sites (tertiary alicyclic amines) is 1. The van der Waals surface area contributed by atoms with Crippen molar-refractivity contribution in [2.75, 3.05) is 36.4 Å². The van der Waals surface area contributed by atoms with Crippen LogP contribution in [0.15, 0.2) is 48.7 Å². The van der Waals surface area contributed by atoms with Gasteiger partial charge in [-0.1, -0.05) is 30.3 Å². The number of pyridine rings is 1. The lowest BCUT2D eigenvalue weighted by Crippen LogP contribution is -2.41. The first-order valence-electron chi connectivity index (χ1n) is 12.1. The Morgan fingerprint density at radius 2 is 1.74 bits per heavy atom. The highest BCUT2D eigenvalue weighted by atomic mass is 16.2. The van der Waals surface area contributed by atoms with Gasteiger partial charge in [-0.25, -0.2) is 4.98 Å². The van der Waals surface area contributed by atoms with Crippen LogP contribution in [0.25, 0.3) is 0 Å². The van der Waals surface area contributed by atoms with Gasteiger partial charge in [-0.15, -0.1) is 0 Å². The molecule has 3 heterocycles. The molecule has 2 saturated heterocycles. The molecule has 2 aliphatic rings. The van der Waals surface area contributed by atoms with Crippen LogP contribution in [-0.2, 0) is 20.8 Å². The molecule has 2 fully saturated rings. The van der Waals surface area contributed by atoms with Gasteiger partial charge >= 0.3 is 0 Å². The number of amides is 3. The average Bonchev–Trinajstić information content (AvgIpc) is 2.88. The number of carbonyl (C=O) groups is 3. The number of hydrogen-bond acceptors (Lipinski definition) is 5. The molecular weight excluding hydrogens is 430 g/mol. The highest BCUT2D eigenvalue weighted by Gasteiger charge is 2.28. The Bertz CT molecular complexity index is 987. The number of primary amides is 1. The molecular formula is C26H33N5O3. The smallest absolute Gasteiger partial charge is 0.227 e. The molecule has 180 valence electrons. The van der Waals surface area contributed by atoms with Gasteiger partial charge in [0.1, 0.15) is 5.82 Å². The van der Waals surface area contributed by atoms with Crippen molar-refractivity contribution in [3.8, 4) is 0 Å². The second-order valence-electron chi connectivity index (χ2n) is 9.22. The maximum absolute atomic E-state index is 12.8. The summed E-state index contributed by atoms with van der Waals surface area (Å²) in [6, 6.07) is 13.7. The van der Waals surface area contributed by atoms with Gasteiger partial charge in [0.15, 0.2) is 0 Å². The summed E-state index contributed by atoms with van der Waals surface area (Å²) >= 11 is 0. The second-order valence-corrected chi connectivity index (χ2v) is 9.22. The van der Waals surface area contributed by atoms with Gasteiger partial charge in [-0.2, -0.15) is 0 Å². The fourth-order valence-electron chi connectivity index (χ4n) is 4.75. The van der Waals surface area contributed by atoms with Crippen molar-refractivity contribution in [1.29, 1.82) is 0 Å². The Kier molecular flexibility index (Phi) is 7.77. The molecule has 4 rings (SSSR count). The fourth-order valence-corrected chi connectivity index (χ4v) is 4.75. The summed E-state index contributed by atoms with van der Waals surface area (Å²) in [6.45, 7) is 2.64. The van der Waals surface area contributed by atoms with Gasteiger partial charge in [-0.3, -0.25) is 14.4 Å². The van der Waals surface area contributed by atoms with E-state index in [4.69, 9.17) is 5.73 Å². The summed E-state index contributed by atoms with van der Waals surface area (Å²) in [4.78, 5) is 45.2. The zero-order chi connectivity index (χ0) is 23.9. The minimum Gasteiger partial charge on any atom is -0.369 e. The average molecular weight is 464 g/mol. The molecule has 2 aliphatic heterocycles. The third-order valence-corrected chi connectivity index (χ3v) is 6.85. The Labute approximate surface area is 200 Å². The van der Waals surface area contributed by atoms with Crippen LogP contribution in [0.2, 0.25) is 0 Å². The van der Waals surface area contributed by atoms with Crippen LogP contribution in [0.5, 0.6) is 0 Å². The van der Waals surface area contributed by atoms with Gasteiger partial charge < -0.3 is 20.9 Å². The van der Waals surface area contributed by atoms with Crippen molar-refractivity contribution in [2.45, 2.75) is 38.5 Å². The lowest BCUT2D eigenvalue weighted by atomic mass is 9.95. The predicted octanol–water partition coefficient (Wildman–Crippen LogP) is 2.59. The van der Waals surface area contributed by atoms with Crippen LogP contribution in [0.3, 0.4) is 0 Å². The van der Waals surface area contributed by atoms with Crippen molar-refractivity contribution >= 4 is 29.2 Å². The number of piperidine rings is 2. The number of nitrogens with zero attached hydrogens (tertiary/aromatic N) is 3. The molecule has 1 unspecified atom stereocenters. The topological polar surface area (TPSA) is 109 Å². The van der Waals surface area contributed by atoms with Crippen molar-refractivity contribution < 1.29 is 14.4 Å². The summed E-state index contributed by atoms with van der Waals surface area (Å²) in [5.74, 6) is 0.377. The number of benzene rings is 1. The first kappa shape index (κ1) is 23.7. The maximum atomic E-state index is 12.8. The third-order valence-electron chi connectivity index (χ3n) is 6.85. The van der Waals surface area contributed by atoms with Crippen molar-refractivity contribution in [2.24, 2.45) is 17.6 Å². The van der Waals surface area contributed by atoms with E-state index < -0.39 is 0 Å². The molecule has 0 bridgehead atoms. The zero-order valence-corrected chi connectivity index (χ0v) is 19.5. The molecule has 1 aromatic heterocycles. The van der Waals surface area contributed by atoms with Crippen LogP contribution in [-0.4, -0.2) is 53.8 Å². The number of rotatable bonds is 7. The highest BCUT2D eigenvalue weighted by Crippen LogP contribution is 2.24. The number of nitrogens with one attached hydrogen (secondary N) is 1. The molecule has 2 aromatic rings. The molecule has 0 saturated carbocycles. The number of anilines is 2. The van der Waals surface area contributed by atoms with E-state index >= 15 is 0 Å². The van der Waals surface area contributed by atoms with Gasteiger partial charge in [0.25, 0.3) is 0 Å². The SMILES string of the molecule is NC(=O)C1CCCN(c2ccc(NC(=O)C3CCN(C(=O)CCc4ccccc4)CC3)cn2)C1. The molecule has 0 spiro atoms. The van der Waals surface area contributed by atoms with Gasteiger partial charge in [0, 0.05) is 38.5 Å². The molecule has 8 nitrogen and oxygen atoms in total. The minimum absolute atomic E-state index is 0.0299. The van der Waals surface area contributed by atoms with E-state index in [9.17, 15) is 14.4 Å². The Hall–Kier alpha value is -3.42. The van der Waals surface area contributed by atoms with Crippen LogP contribution >= 0.6 is 0 Å². The third kappa shape index (κ3) is 6.12. The standard InChI is InChI=1S/C26H33N5O3/c27-25(33)21-7-4-14-31(18-21)23-10-9-22(17-28-23)29-26(34)20-12-15-30(16-13-20)24(32)11-8-19-5-2-1-3-6-19/h1-3,5-6,9-10,17,20-21H,4,7-8,11-16,18H2,(H2,27,33)(H,29,34). The minimum atomic E-state index is -0.266. The maximum Gasteiger partial charge on any atom is 0.227 e. The van der Waals surface area contributed by atoms with Gasteiger partial charge in [0.2, 0.25) is 17.7 Å². The largest absolute Gasteiger partial charge is 0.369 e. The summed E-state index contributed by atoms with van der Waals surface area (Å²) in [5.41, 5.74) is 7.28. The van der Waals surface area contributed by atoms with Crippen LogP contribution in [0, 0.1) is 11.8 Å². The molecule has 1 atom stereocenters. The normalized spacial score (nSPS) is 19.0. The quantitative estimate of drug-likeness (QED) is 0.656. The Balaban J connectivity index is 1.22. The highest BCUT2D eigenvalue weighted by molar-refractivity contribution is 5.92. The number of carbonyl (C=O) groups excluding carboxylic acids is 3. The van der Waals surface area contributed by atoms with E-state index in [1.807, 2.05) is 47.4 Å². The van der Waals surface area contributed by atoms with Gasteiger partial charge in [-0.05, 0) is 49.8 Å². The van der Waals surface area contributed by atoms with Crippen LogP contribution in [0.4, 0.5) is 11.5 Å². The van der Waals surface area contributed by atoms with E-state index in [1.165, 1.54) is 0 Å². The second kappa shape index (κ2) is 11.1. The van der Waals surface area contributed by atoms with Crippen molar-refractivity contribution in [3.63, 3.8) is 0 Å². The van der Waals surface area contributed by atoms with E-state index in [2.05, 4.69) is 15.2 Å². The van der Waals surface area contributed by atoms with E-state index in [-0.39, 0.29) is 29.6 Å². The fraction of sp³-hybridized carbons (Fsp3) is 0.462. The van der Waals surface area contributed by atoms with E-state index in [0.717, 1.165) is 37.2 Å². The first-order chi connectivity index (χ1) is 16.5. The summed E-state index contributed by atoms with van der Waals surface area (Å²) in [6.07, 6.45) is 5.94. The molecule has 34 heavy (non-hydrogen) atoms. The van der Waals surface area contributed by atoms with Gasteiger partial charge in [0.05, 0.1) is 17.8 Å². The monoisotopic (exact) mass is 463 g/mol. The van der Waals surface area contributed by atoms with E-state index in [1.54, 1.807) is 6.20 Å². The summed E-state index contributed by atoms with van der Waals surface area (Å²) < 4.78 is 0. The number of aromatic nitrogens is 1. The lowest BCUT2D eigenvalue weighted by molar-refractivity contribution is -0.134. The number of hydrogen-bond donors (Lipinski definition) is 2. The molecule has 1 aromatic carbocycles. The first-order valence-corrected chi connectivity index (χ1v) is 12.1. The van der Waals surface area contributed by atoms with E-state index in [0.29, 0.717) is 44.6 Å². The summed E-state index contributed by atoms with van der Waals surface area (Å²) in [5, 5.41) is 2.96.